The van der Waals surface area contributed by atoms with Gasteiger partial charge in [0.25, 0.3) is 0 Å². The standard InChI is InChI=1S/C16H20N4/c1-6-10-8(3)13-12(11(7-2)14(10)19-5)9(4)15(17)20-16(13)18/h6-7,19H,1-2H2,3-5H3,(H4,17,18,20). The molecule has 20 heavy (non-hydrogen) atoms. The van der Waals surface area contributed by atoms with E-state index in [-0.39, 0.29) is 0 Å². The highest BCUT2D eigenvalue weighted by molar-refractivity contribution is 6.08. The van der Waals surface area contributed by atoms with Gasteiger partial charge >= 0.3 is 0 Å². The molecule has 1 aromatic heterocycles. The highest BCUT2D eigenvalue weighted by atomic mass is 14.9. The van der Waals surface area contributed by atoms with Gasteiger partial charge < -0.3 is 16.8 Å². The second-order valence-corrected chi connectivity index (χ2v) is 4.74. The van der Waals surface area contributed by atoms with Crippen LogP contribution in [0.15, 0.2) is 13.2 Å². The minimum atomic E-state index is 0.439. The first-order valence-electron chi connectivity index (χ1n) is 6.42. The number of hydrogen-bond donors (Lipinski definition) is 3. The van der Waals surface area contributed by atoms with Crippen molar-refractivity contribution >= 4 is 40.2 Å². The molecule has 2 aromatic rings. The fraction of sp³-hybridized carbons (Fsp3) is 0.188. The van der Waals surface area contributed by atoms with E-state index in [4.69, 9.17) is 11.5 Å². The minimum Gasteiger partial charge on any atom is -0.387 e. The second kappa shape index (κ2) is 4.89. The van der Waals surface area contributed by atoms with E-state index >= 15 is 0 Å². The molecular weight excluding hydrogens is 248 g/mol. The lowest BCUT2D eigenvalue weighted by atomic mass is 9.91. The molecule has 0 saturated carbocycles. The predicted octanol–water partition coefficient (Wildman–Crippen LogP) is 3.34. The fourth-order valence-corrected chi connectivity index (χ4v) is 2.75. The van der Waals surface area contributed by atoms with E-state index in [0.717, 1.165) is 38.7 Å². The summed E-state index contributed by atoms with van der Waals surface area (Å²) in [6, 6.07) is 0. The van der Waals surface area contributed by atoms with Gasteiger partial charge in [0.15, 0.2) is 0 Å². The highest BCUT2D eigenvalue weighted by Crippen LogP contribution is 2.40. The van der Waals surface area contributed by atoms with Gasteiger partial charge in [-0.15, -0.1) is 0 Å². The number of aromatic nitrogens is 1. The van der Waals surface area contributed by atoms with E-state index in [2.05, 4.69) is 23.5 Å². The number of rotatable bonds is 3. The lowest BCUT2D eigenvalue weighted by Crippen LogP contribution is -2.06. The normalized spacial score (nSPS) is 10.6. The highest BCUT2D eigenvalue weighted by Gasteiger charge is 2.18. The van der Waals surface area contributed by atoms with Gasteiger partial charge in [-0.05, 0) is 25.0 Å². The molecule has 0 atom stereocenters. The smallest absolute Gasteiger partial charge is 0.134 e. The average molecular weight is 268 g/mol. The van der Waals surface area contributed by atoms with Crippen LogP contribution in [-0.2, 0) is 0 Å². The summed E-state index contributed by atoms with van der Waals surface area (Å²) in [6.45, 7) is 11.8. The number of nitrogen functional groups attached to an aromatic ring is 2. The van der Waals surface area contributed by atoms with E-state index in [1.54, 1.807) is 0 Å². The van der Waals surface area contributed by atoms with E-state index in [9.17, 15) is 0 Å². The molecule has 0 fully saturated rings. The van der Waals surface area contributed by atoms with Gasteiger partial charge in [-0.2, -0.15) is 0 Å². The number of nitrogens with two attached hydrogens (primary N) is 2. The third-order valence-electron chi connectivity index (χ3n) is 3.75. The topological polar surface area (TPSA) is 77.0 Å². The van der Waals surface area contributed by atoms with Crippen molar-refractivity contribution in [1.82, 2.24) is 4.98 Å². The lowest BCUT2D eigenvalue weighted by molar-refractivity contribution is 1.31. The van der Waals surface area contributed by atoms with Crippen LogP contribution < -0.4 is 16.8 Å². The zero-order valence-corrected chi connectivity index (χ0v) is 12.2. The van der Waals surface area contributed by atoms with Crippen LogP contribution in [0, 0.1) is 13.8 Å². The second-order valence-electron chi connectivity index (χ2n) is 4.74. The number of anilines is 3. The third kappa shape index (κ3) is 1.72. The first-order valence-corrected chi connectivity index (χ1v) is 6.42. The molecule has 0 amide bonds. The van der Waals surface area contributed by atoms with Crippen molar-refractivity contribution in [2.45, 2.75) is 13.8 Å². The summed E-state index contributed by atoms with van der Waals surface area (Å²) in [4.78, 5) is 4.23. The summed E-state index contributed by atoms with van der Waals surface area (Å²) >= 11 is 0. The largest absolute Gasteiger partial charge is 0.387 e. The Hall–Kier alpha value is -2.49. The van der Waals surface area contributed by atoms with Crippen molar-refractivity contribution in [3.8, 4) is 0 Å². The summed E-state index contributed by atoms with van der Waals surface area (Å²) in [5.41, 5.74) is 17.0. The van der Waals surface area contributed by atoms with Crippen molar-refractivity contribution in [3.63, 3.8) is 0 Å². The third-order valence-corrected chi connectivity index (χ3v) is 3.75. The molecule has 1 aromatic carbocycles. The first-order chi connectivity index (χ1) is 9.47. The Morgan fingerprint density at radius 1 is 0.950 bits per heavy atom. The van der Waals surface area contributed by atoms with E-state index < -0.39 is 0 Å². The molecule has 0 aliphatic carbocycles. The van der Waals surface area contributed by atoms with Gasteiger partial charge in [0.1, 0.15) is 11.6 Å². The maximum absolute atomic E-state index is 6.09. The van der Waals surface area contributed by atoms with E-state index in [0.29, 0.717) is 11.6 Å². The predicted molar refractivity (Wildman–Crippen MR) is 89.8 cm³/mol. The number of fused-ring (bicyclic) bond motifs is 1. The molecule has 104 valence electrons. The molecule has 4 nitrogen and oxygen atoms in total. The molecule has 2 rings (SSSR count). The Bertz CT molecular complexity index is 730. The van der Waals surface area contributed by atoms with Gasteiger partial charge in [-0.1, -0.05) is 25.3 Å². The Morgan fingerprint density at radius 2 is 1.55 bits per heavy atom. The Labute approximate surface area is 119 Å². The lowest BCUT2D eigenvalue weighted by Gasteiger charge is -2.20. The summed E-state index contributed by atoms with van der Waals surface area (Å²) in [7, 11) is 1.88. The molecule has 0 aliphatic rings. The molecule has 0 radical (unpaired) electrons. The number of nitrogens with zero attached hydrogens (tertiary/aromatic N) is 1. The summed E-state index contributed by atoms with van der Waals surface area (Å²) in [6.07, 6.45) is 3.63. The minimum absolute atomic E-state index is 0.439. The average Bonchev–Trinajstić information content (AvgIpc) is 2.43. The summed E-state index contributed by atoms with van der Waals surface area (Å²) in [5, 5.41) is 5.14. The van der Waals surface area contributed by atoms with Crippen LogP contribution in [0.3, 0.4) is 0 Å². The van der Waals surface area contributed by atoms with Crippen molar-refractivity contribution in [3.05, 3.63) is 35.4 Å². The number of nitrogens with one attached hydrogen (secondary N) is 1. The van der Waals surface area contributed by atoms with Gasteiger partial charge in [0, 0.05) is 34.6 Å². The molecular formula is C16H20N4. The van der Waals surface area contributed by atoms with Crippen LogP contribution >= 0.6 is 0 Å². The van der Waals surface area contributed by atoms with Gasteiger partial charge in [0.05, 0.1) is 0 Å². The monoisotopic (exact) mass is 268 g/mol. The maximum Gasteiger partial charge on any atom is 0.134 e. The van der Waals surface area contributed by atoms with Crippen LogP contribution in [0.5, 0.6) is 0 Å². The van der Waals surface area contributed by atoms with E-state index in [1.807, 2.05) is 33.0 Å². The molecule has 5 N–H and O–H groups in total. The molecule has 0 spiro atoms. The van der Waals surface area contributed by atoms with Gasteiger partial charge in [0.2, 0.25) is 0 Å². The molecule has 4 heteroatoms. The SMILES string of the molecule is C=Cc1c(NC)c(C=C)c2c(C)c(N)nc(N)c2c1C. The number of hydrogen-bond acceptors (Lipinski definition) is 4. The summed E-state index contributed by atoms with van der Waals surface area (Å²) < 4.78 is 0. The van der Waals surface area contributed by atoms with Crippen molar-refractivity contribution < 1.29 is 0 Å². The zero-order valence-electron chi connectivity index (χ0n) is 12.2. The maximum atomic E-state index is 6.09. The Morgan fingerprint density at radius 3 is 2.05 bits per heavy atom. The van der Waals surface area contributed by atoms with Crippen LogP contribution in [0.1, 0.15) is 22.3 Å². The molecule has 0 aliphatic heterocycles. The van der Waals surface area contributed by atoms with Crippen LogP contribution in [0.25, 0.3) is 22.9 Å². The molecule has 0 bridgehead atoms. The van der Waals surface area contributed by atoms with Crippen LogP contribution in [-0.4, -0.2) is 12.0 Å². The summed E-state index contributed by atoms with van der Waals surface area (Å²) in [5.74, 6) is 0.889. The van der Waals surface area contributed by atoms with Crippen molar-refractivity contribution in [2.24, 2.45) is 0 Å². The number of aryl methyl sites for hydroxylation is 2. The quantitative estimate of drug-likeness (QED) is 0.798. The van der Waals surface area contributed by atoms with Gasteiger partial charge in [-0.3, -0.25) is 0 Å². The van der Waals surface area contributed by atoms with Crippen molar-refractivity contribution in [1.29, 1.82) is 0 Å². The van der Waals surface area contributed by atoms with Crippen LogP contribution in [0.2, 0.25) is 0 Å². The fourth-order valence-electron chi connectivity index (χ4n) is 2.75. The van der Waals surface area contributed by atoms with Gasteiger partial charge in [-0.25, -0.2) is 4.98 Å². The number of pyridine rings is 1. The molecule has 1 heterocycles. The van der Waals surface area contributed by atoms with E-state index in [1.165, 1.54) is 0 Å². The zero-order chi connectivity index (χ0) is 15.0. The Kier molecular flexibility index (Phi) is 3.40. The molecule has 0 saturated heterocycles. The first kappa shape index (κ1) is 13.9. The Balaban J connectivity index is 3.21. The molecule has 0 unspecified atom stereocenters. The number of benzene rings is 1. The van der Waals surface area contributed by atoms with Crippen molar-refractivity contribution in [2.75, 3.05) is 23.8 Å². The van der Waals surface area contributed by atoms with Crippen LogP contribution in [0.4, 0.5) is 17.3 Å².